The van der Waals surface area contributed by atoms with Gasteiger partial charge in [0, 0.05) is 12.8 Å². The van der Waals surface area contributed by atoms with Crippen LogP contribution < -0.4 is 0 Å². The first kappa shape index (κ1) is 19.0. The lowest BCUT2D eigenvalue weighted by atomic mass is 9.86. The van der Waals surface area contributed by atoms with Gasteiger partial charge in [-0.1, -0.05) is 40.5 Å². The molecule has 0 unspecified atom stereocenters. The second kappa shape index (κ2) is 9.16. The minimum atomic E-state index is -0.130. The summed E-state index contributed by atoms with van der Waals surface area (Å²) in [5, 5.41) is 0. The van der Waals surface area contributed by atoms with Gasteiger partial charge in [-0.25, -0.2) is 0 Å². The van der Waals surface area contributed by atoms with Crippen LogP contribution in [0.5, 0.6) is 0 Å². The monoisotopic (exact) mass is 312 g/mol. The molecule has 0 aromatic rings. The summed E-state index contributed by atoms with van der Waals surface area (Å²) < 4.78 is 11.1. The van der Waals surface area contributed by atoms with Crippen molar-refractivity contribution in [2.45, 2.75) is 97.7 Å². The predicted octanol–water partition coefficient (Wildman–Crippen LogP) is 4.40. The molecule has 0 radical (unpaired) electrons. The van der Waals surface area contributed by atoms with Crippen molar-refractivity contribution in [3.63, 3.8) is 0 Å². The van der Waals surface area contributed by atoms with E-state index in [4.69, 9.17) is 9.47 Å². The zero-order chi connectivity index (χ0) is 16.6. The molecule has 0 aliphatic heterocycles. The Bertz CT molecular complexity index is 362. The minimum absolute atomic E-state index is 0.0161. The molecule has 128 valence electrons. The van der Waals surface area contributed by atoms with Crippen LogP contribution in [0.3, 0.4) is 0 Å². The smallest absolute Gasteiger partial charge is 0.306 e. The third kappa shape index (κ3) is 7.28. The molecule has 0 N–H and O–H groups in total. The molecule has 22 heavy (non-hydrogen) atoms. The second-order valence-corrected chi connectivity index (χ2v) is 7.19. The molecule has 1 saturated carbocycles. The summed E-state index contributed by atoms with van der Waals surface area (Å²) in [4.78, 5) is 23.7. The van der Waals surface area contributed by atoms with Crippen molar-refractivity contribution in [2.75, 3.05) is 0 Å². The van der Waals surface area contributed by atoms with Crippen molar-refractivity contribution in [1.29, 1.82) is 0 Å². The molecule has 1 aliphatic rings. The Morgan fingerprint density at radius 1 is 1.05 bits per heavy atom. The molecule has 2 atom stereocenters. The highest BCUT2D eigenvalue weighted by molar-refractivity contribution is 5.70. The van der Waals surface area contributed by atoms with Crippen LogP contribution in [0.25, 0.3) is 0 Å². The van der Waals surface area contributed by atoms with E-state index in [9.17, 15) is 9.59 Å². The summed E-state index contributed by atoms with van der Waals surface area (Å²) in [6.45, 7) is 8.29. The van der Waals surface area contributed by atoms with E-state index in [2.05, 4.69) is 27.7 Å². The van der Waals surface area contributed by atoms with E-state index in [1.165, 1.54) is 0 Å². The molecule has 0 bridgehead atoms. The fraction of sp³-hybridized carbons (Fsp3) is 0.889. The van der Waals surface area contributed by atoms with E-state index in [0.29, 0.717) is 19.3 Å². The molecule has 0 spiro atoms. The van der Waals surface area contributed by atoms with Gasteiger partial charge >= 0.3 is 11.9 Å². The average molecular weight is 312 g/mol. The molecule has 4 nitrogen and oxygen atoms in total. The predicted molar refractivity (Wildman–Crippen MR) is 86.4 cm³/mol. The quantitative estimate of drug-likeness (QED) is 0.623. The Labute approximate surface area is 134 Å². The number of carbonyl (C=O) groups excluding carboxylic acids is 2. The van der Waals surface area contributed by atoms with Gasteiger partial charge in [0.2, 0.25) is 0 Å². The summed E-state index contributed by atoms with van der Waals surface area (Å²) >= 11 is 0. The lowest BCUT2D eigenvalue weighted by Crippen LogP contribution is -2.32. The Morgan fingerprint density at radius 2 is 1.64 bits per heavy atom. The minimum Gasteiger partial charge on any atom is -0.462 e. The highest BCUT2D eigenvalue weighted by atomic mass is 16.6. The van der Waals surface area contributed by atoms with Crippen molar-refractivity contribution in [3.8, 4) is 0 Å². The lowest BCUT2D eigenvalue weighted by Gasteiger charge is -2.30. The molecular formula is C18H32O4. The molecule has 0 aromatic carbocycles. The van der Waals surface area contributed by atoms with Gasteiger partial charge in [0.15, 0.2) is 0 Å². The first-order chi connectivity index (χ1) is 10.4. The summed E-state index contributed by atoms with van der Waals surface area (Å²) in [6, 6.07) is 0. The number of esters is 2. The summed E-state index contributed by atoms with van der Waals surface area (Å²) in [6.07, 6.45) is 6.91. The Hall–Kier alpha value is -1.06. The summed E-state index contributed by atoms with van der Waals surface area (Å²) in [5.74, 6) is -0.249. The third-order valence-electron chi connectivity index (χ3n) is 4.49. The molecule has 4 heteroatoms. The summed E-state index contributed by atoms with van der Waals surface area (Å²) in [7, 11) is 0. The first-order valence-electron chi connectivity index (χ1n) is 8.75. The number of rotatable bonds is 8. The molecule has 0 saturated heterocycles. The Balaban J connectivity index is 2.36. The van der Waals surface area contributed by atoms with Crippen LogP contribution in [0.4, 0.5) is 0 Å². The zero-order valence-electron chi connectivity index (χ0n) is 14.7. The molecular weight excluding hydrogens is 280 g/mol. The van der Waals surface area contributed by atoms with Gasteiger partial charge in [-0.15, -0.1) is 0 Å². The van der Waals surface area contributed by atoms with Gasteiger partial charge in [0.25, 0.3) is 0 Å². The van der Waals surface area contributed by atoms with E-state index in [1.54, 1.807) is 0 Å². The molecule has 1 rings (SSSR count). The Morgan fingerprint density at radius 3 is 2.18 bits per heavy atom. The summed E-state index contributed by atoms with van der Waals surface area (Å²) in [5.41, 5.74) is -0.0161. The van der Waals surface area contributed by atoms with Crippen LogP contribution >= 0.6 is 0 Å². The zero-order valence-corrected chi connectivity index (χ0v) is 14.7. The van der Waals surface area contributed by atoms with E-state index < -0.39 is 0 Å². The van der Waals surface area contributed by atoms with E-state index in [0.717, 1.165) is 38.5 Å². The largest absolute Gasteiger partial charge is 0.462 e. The van der Waals surface area contributed by atoms with Crippen LogP contribution in [0.1, 0.15) is 85.5 Å². The number of carbonyl (C=O) groups is 2. The standard InChI is InChI=1S/C18H32O4/c1-5-7-11-16(19)21-14-9-8-10-15(12-14)22-17(20)13-18(3,4)6-2/h14-15H,5-13H2,1-4H3/t14-,15+/m0/s1. The van der Waals surface area contributed by atoms with E-state index >= 15 is 0 Å². The van der Waals surface area contributed by atoms with Crippen molar-refractivity contribution in [2.24, 2.45) is 5.41 Å². The Kier molecular flexibility index (Phi) is 7.91. The number of hydrogen-bond donors (Lipinski definition) is 0. The fourth-order valence-corrected chi connectivity index (χ4v) is 2.63. The van der Waals surface area contributed by atoms with Gasteiger partial charge in [-0.3, -0.25) is 9.59 Å². The van der Waals surface area contributed by atoms with Gasteiger partial charge in [0.1, 0.15) is 12.2 Å². The van der Waals surface area contributed by atoms with Crippen LogP contribution in [0.2, 0.25) is 0 Å². The maximum Gasteiger partial charge on any atom is 0.306 e. The van der Waals surface area contributed by atoms with Crippen molar-refractivity contribution in [1.82, 2.24) is 0 Å². The van der Waals surface area contributed by atoms with Crippen LogP contribution in [-0.2, 0) is 19.1 Å². The van der Waals surface area contributed by atoms with Gasteiger partial charge < -0.3 is 9.47 Å². The van der Waals surface area contributed by atoms with Crippen molar-refractivity contribution < 1.29 is 19.1 Å². The average Bonchev–Trinajstić information content (AvgIpc) is 2.44. The highest BCUT2D eigenvalue weighted by Crippen LogP contribution is 2.28. The van der Waals surface area contributed by atoms with Crippen molar-refractivity contribution in [3.05, 3.63) is 0 Å². The van der Waals surface area contributed by atoms with Crippen LogP contribution in [0.15, 0.2) is 0 Å². The SMILES string of the molecule is CCCCC(=O)O[C@H]1CCC[C@@H](OC(=O)CC(C)(C)CC)C1. The van der Waals surface area contributed by atoms with Gasteiger partial charge in [0.05, 0.1) is 6.42 Å². The highest BCUT2D eigenvalue weighted by Gasteiger charge is 2.29. The molecule has 0 amide bonds. The first-order valence-corrected chi connectivity index (χ1v) is 8.75. The third-order valence-corrected chi connectivity index (χ3v) is 4.49. The number of ether oxygens (including phenoxy) is 2. The molecule has 1 fully saturated rings. The van der Waals surface area contributed by atoms with E-state index in [1.807, 2.05) is 0 Å². The van der Waals surface area contributed by atoms with Gasteiger partial charge in [-0.2, -0.15) is 0 Å². The number of unbranched alkanes of at least 4 members (excludes halogenated alkanes) is 1. The topological polar surface area (TPSA) is 52.6 Å². The molecule has 0 aromatic heterocycles. The number of hydrogen-bond acceptors (Lipinski definition) is 4. The lowest BCUT2D eigenvalue weighted by molar-refractivity contribution is -0.160. The van der Waals surface area contributed by atoms with Gasteiger partial charge in [-0.05, 0) is 31.1 Å². The molecule has 1 aliphatic carbocycles. The van der Waals surface area contributed by atoms with Crippen LogP contribution in [-0.4, -0.2) is 24.1 Å². The van der Waals surface area contributed by atoms with Crippen molar-refractivity contribution >= 4 is 11.9 Å². The normalized spacial score (nSPS) is 22.2. The second-order valence-electron chi connectivity index (χ2n) is 7.19. The molecule has 0 heterocycles. The van der Waals surface area contributed by atoms with Crippen LogP contribution in [0, 0.1) is 5.41 Å². The maximum atomic E-state index is 12.0. The van der Waals surface area contributed by atoms with E-state index in [-0.39, 0.29) is 29.6 Å². The fourth-order valence-electron chi connectivity index (χ4n) is 2.63. The maximum absolute atomic E-state index is 12.0.